The average molecular weight is 300 g/mol. The highest BCUT2D eigenvalue weighted by Gasteiger charge is 2.35. The minimum atomic E-state index is -0.705. The summed E-state index contributed by atoms with van der Waals surface area (Å²) < 4.78 is 0. The summed E-state index contributed by atoms with van der Waals surface area (Å²) in [7, 11) is 0. The number of carbonyl (C=O) groups is 2. The van der Waals surface area contributed by atoms with Crippen LogP contribution in [0.5, 0.6) is 5.75 Å². The van der Waals surface area contributed by atoms with Crippen LogP contribution in [-0.2, 0) is 4.79 Å². The number of nitrogens with zero attached hydrogens (tertiary/aromatic N) is 1. The first-order valence-corrected chi connectivity index (χ1v) is 7.08. The summed E-state index contributed by atoms with van der Waals surface area (Å²) in [5, 5.41) is 20.6. The van der Waals surface area contributed by atoms with Crippen molar-refractivity contribution in [3.63, 3.8) is 0 Å². The van der Waals surface area contributed by atoms with E-state index in [0.29, 0.717) is 19.4 Å². The fourth-order valence-electron chi connectivity index (χ4n) is 2.91. The van der Waals surface area contributed by atoms with E-state index in [1.807, 2.05) is 24.3 Å². The van der Waals surface area contributed by atoms with E-state index in [1.165, 1.54) is 4.90 Å². The second-order valence-corrected chi connectivity index (χ2v) is 5.35. The SMILES string of the molecule is O=C(NO)[C@@H]1CCCN1C(=O)c1cc2ccccc2cc1O. The van der Waals surface area contributed by atoms with Crippen LogP contribution in [0, 0.1) is 0 Å². The lowest BCUT2D eigenvalue weighted by molar-refractivity contribution is -0.133. The number of amides is 2. The Bertz CT molecular complexity index is 744. The van der Waals surface area contributed by atoms with Crippen molar-refractivity contribution in [2.75, 3.05) is 6.54 Å². The third kappa shape index (κ3) is 2.37. The lowest BCUT2D eigenvalue weighted by atomic mass is 10.0. The van der Waals surface area contributed by atoms with Crippen LogP contribution in [0.25, 0.3) is 10.8 Å². The predicted molar refractivity (Wildman–Crippen MR) is 79.6 cm³/mol. The van der Waals surface area contributed by atoms with Crippen molar-refractivity contribution in [2.45, 2.75) is 18.9 Å². The Kier molecular flexibility index (Phi) is 3.68. The van der Waals surface area contributed by atoms with Crippen LogP contribution in [0.15, 0.2) is 36.4 Å². The highest BCUT2D eigenvalue weighted by atomic mass is 16.5. The van der Waals surface area contributed by atoms with Gasteiger partial charge in [0.05, 0.1) is 5.56 Å². The average Bonchev–Trinajstić information content (AvgIpc) is 3.02. The molecule has 0 unspecified atom stereocenters. The normalized spacial score (nSPS) is 17.7. The van der Waals surface area contributed by atoms with Crippen LogP contribution in [0.1, 0.15) is 23.2 Å². The molecule has 3 N–H and O–H groups in total. The molecule has 1 heterocycles. The van der Waals surface area contributed by atoms with Gasteiger partial charge in [-0.25, -0.2) is 5.48 Å². The topological polar surface area (TPSA) is 89.9 Å². The molecule has 0 radical (unpaired) electrons. The van der Waals surface area contributed by atoms with E-state index in [-0.39, 0.29) is 11.3 Å². The van der Waals surface area contributed by atoms with E-state index in [9.17, 15) is 14.7 Å². The Labute approximate surface area is 126 Å². The molecule has 0 aromatic heterocycles. The number of phenolic OH excluding ortho intramolecular Hbond substituents is 1. The van der Waals surface area contributed by atoms with E-state index < -0.39 is 17.9 Å². The quantitative estimate of drug-likeness (QED) is 0.581. The van der Waals surface area contributed by atoms with Crippen LogP contribution >= 0.6 is 0 Å². The number of phenols is 1. The largest absolute Gasteiger partial charge is 0.507 e. The number of nitrogens with one attached hydrogen (secondary N) is 1. The molecule has 2 amide bonds. The first-order chi connectivity index (χ1) is 10.6. The molecule has 2 aromatic carbocycles. The fourth-order valence-corrected chi connectivity index (χ4v) is 2.91. The standard InChI is InChI=1S/C16H16N2O4/c19-14-9-11-5-2-1-4-10(11)8-12(14)16(21)18-7-3-6-13(18)15(20)17-22/h1-2,4-5,8-9,13,19,22H,3,6-7H2,(H,17,20)/t13-/m0/s1. The summed E-state index contributed by atoms with van der Waals surface area (Å²) in [6.07, 6.45) is 1.17. The number of aromatic hydroxyl groups is 1. The van der Waals surface area contributed by atoms with Crippen LogP contribution < -0.4 is 5.48 Å². The lowest BCUT2D eigenvalue weighted by Gasteiger charge is -2.23. The monoisotopic (exact) mass is 300 g/mol. The highest BCUT2D eigenvalue weighted by Crippen LogP contribution is 2.28. The number of rotatable bonds is 2. The van der Waals surface area contributed by atoms with Crippen molar-refractivity contribution in [3.05, 3.63) is 42.0 Å². The lowest BCUT2D eigenvalue weighted by Crippen LogP contribution is -2.45. The van der Waals surface area contributed by atoms with E-state index >= 15 is 0 Å². The Morgan fingerprint density at radius 3 is 2.55 bits per heavy atom. The van der Waals surface area contributed by atoms with E-state index in [4.69, 9.17) is 5.21 Å². The number of fused-ring (bicyclic) bond motifs is 1. The first-order valence-electron chi connectivity index (χ1n) is 7.08. The van der Waals surface area contributed by atoms with Crippen LogP contribution in [-0.4, -0.2) is 39.6 Å². The number of carbonyl (C=O) groups excluding carboxylic acids is 2. The van der Waals surface area contributed by atoms with E-state index in [1.54, 1.807) is 17.6 Å². The van der Waals surface area contributed by atoms with Crippen molar-refractivity contribution < 1.29 is 19.9 Å². The summed E-state index contributed by atoms with van der Waals surface area (Å²) in [4.78, 5) is 25.7. The molecule has 1 atom stereocenters. The smallest absolute Gasteiger partial charge is 0.266 e. The molecular formula is C16H16N2O4. The highest BCUT2D eigenvalue weighted by molar-refractivity contribution is 6.03. The van der Waals surface area contributed by atoms with Gasteiger partial charge >= 0.3 is 0 Å². The van der Waals surface area contributed by atoms with Gasteiger partial charge in [-0.1, -0.05) is 24.3 Å². The molecule has 22 heavy (non-hydrogen) atoms. The molecule has 0 aliphatic carbocycles. The Morgan fingerprint density at radius 1 is 1.18 bits per heavy atom. The second kappa shape index (κ2) is 5.65. The Morgan fingerprint density at radius 2 is 1.86 bits per heavy atom. The maximum absolute atomic E-state index is 12.6. The van der Waals surface area contributed by atoms with Gasteiger partial charge in [0.15, 0.2) is 0 Å². The molecule has 3 rings (SSSR count). The summed E-state index contributed by atoms with van der Waals surface area (Å²) in [6, 6.07) is 9.87. The molecule has 0 spiro atoms. The van der Waals surface area contributed by atoms with Gasteiger partial charge in [0, 0.05) is 6.54 Å². The molecule has 2 aromatic rings. The zero-order valence-corrected chi connectivity index (χ0v) is 11.8. The van der Waals surface area contributed by atoms with Crippen molar-refractivity contribution in [1.29, 1.82) is 0 Å². The van der Waals surface area contributed by atoms with Crippen LogP contribution in [0.2, 0.25) is 0 Å². The van der Waals surface area contributed by atoms with Gasteiger partial charge in [-0.3, -0.25) is 14.8 Å². The maximum Gasteiger partial charge on any atom is 0.266 e. The van der Waals surface area contributed by atoms with E-state index in [0.717, 1.165) is 10.8 Å². The van der Waals surface area contributed by atoms with Crippen molar-refractivity contribution in [2.24, 2.45) is 0 Å². The molecule has 1 aliphatic heterocycles. The van der Waals surface area contributed by atoms with Crippen molar-refractivity contribution >= 4 is 22.6 Å². The molecule has 0 bridgehead atoms. The molecule has 1 aliphatic rings. The first kappa shape index (κ1) is 14.3. The van der Waals surface area contributed by atoms with Crippen molar-refractivity contribution in [3.8, 4) is 5.75 Å². The molecule has 6 nitrogen and oxygen atoms in total. The summed E-state index contributed by atoms with van der Waals surface area (Å²) in [6.45, 7) is 0.420. The maximum atomic E-state index is 12.6. The van der Waals surface area contributed by atoms with Gasteiger partial charge in [0.25, 0.3) is 11.8 Å². The van der Waals surface area contributed by atoms with Gasteiger partial charge in [-0.2, -0.15) is 0 Å². The fraction of sp³-hybridized carbons (Fsp3) is 0.250. The number of likely N-dealkylation sites (tertiary alicyclic amines) is 1. The minimum Gasteiger partial charge on any atom is -0.507 e. The molecule has 1 saturated heterocycles. The molecule has 114 valence electrons. The molecule has 0 saturated carbocycles. The van der Waals surface area contributed by atoms with Crippen LogP contribution in [0.3, 0.4) is 0 Å². The minimum absolute atomic E-state index is 0.112. The Balaban J connectivity index is 1.98. The van der Waals surface area contributed by atoms with E-state index in [2.05, 4.69) is 0 Å². The van der Waals surface area contributed by atoms with Gasteiger partial charge in [0.2, 0.25) is 0 Å². The van der Waals surface area contributed by atoms with Gasteiger partial charge in [-0.05, 0) is 35.7 Å². The Hall–Kier alpha value is -2.60. The van der Waals surface area contributed by atoms with Crippen molar-refractivity contribution in [1.82, 2.24) is 10.4 Å². The third-order valence-electron chi connectivity index (χ3n) is 4.02. The zero-order chi connectivity index (χ0) is 15.7. The number of hydrogen-bond donors (Lipinski definition) is 3. The number of hydrogen-bond acceptors (Lipinski definition) is 4. The number of hydroxylamine groups is 1. The zero-order valence-electron chi connectivity index (χ0n) is 11.8. The van der Waals surface area contributed by atoms with Gasteiger partial charge in [0.1, 0.15) is 11.8 Å². The van der Waals surface area contributed by atoms with Gasteiger partial charge < -0.3 is 10.0 Å². The summed E-state index contributed by atoms with van der Waals surface area (Å²) in [5.74, 6) is -1.13. The number of benzene rings is 2. The molecular weight excluding hydrogens is 284 g/mol. The third-order valence-corrected chi connectivity index (χ3v) is 4.02. The summed E-state index contributed by atoms with van der Waals surface area (Å²) >= 11 is 0. The second-order valence-electron chi connectivity index (χ2n) is 5.35. The predicted octanol–water partition coefficient (Wildman–Crippen LogP) is 1.66. The van der Waals surface area contributed by atoms with Gasteiger partial charge in [-0.15, -0.1) is 0 Å². The molecule has 1 fully saturated rings. The molecule has 6 heteroatoms. The van der Waals surface area contributed by atoms with Crippen LogP contribution in [0.4, 0.5) is 0 Å². The summed E-state index contributed by atoms with van der Waals surface area (Å²) in [5.41, 5.74) is 1.76.